The summed E-state index contributed by atoms with van der Waals surface area (Å²) in [4.78, 5) is 15.7. The second kappa shape index (κ2) is 6.59. The molecule has 1 amide bonds. The number of pyridine rings is 1. The van der Waals surface area contributed by atoms with Crippen LogP contribution >= 0.6 is 23.2 Å². The summed E-state index contributed by atoms with van der Waals surface area (Å²) in [5.41, 5.74) is 1.32. The lowest BCUT2D eigenvalue weighted by Crippen LogP contribution is -2.26. The maximum absolute atomic E-state index is 11.9. The fourth-order valence-corrected chi connectivity index (χ4v) is 2.01. The van der Waals surface area contributed by atoms with Crippen molar-refractivity contribution in [3.63, 3.8) is 0 Å². The first-order valence-electron chi connectivity index (χ1n) is 5.93. The molecule has 4 nitrogen and oxygen atoms in total. The molecule has 2 rings (SSSR count). The molecular formula is C14H12Cl2N2O2. The summed E-state index contributed by atoms with van der Waals surface area (Å²) in [5, 5.41) is 12.4. The molecule has 0 radical (unpaired) electrons. The highest BCUT2D eigenvalue weighted by molar-refractivity contribution is 6.35. The van der Waals surface area contributed by atoms with Gasteiger partial charge in [0, 0.05) is 12.7 Å². The van der Waals surface area contributed by atoms with Gasteiger partial charge in [-0.2, -0.15) is 0 Å². The van der Waals surface area contributed by atoms with Crippen LogP contribution in [-0.2, 0) is 6.42 Å². The number of rotatable bonds is 4. The number of amides is 1. The largest absolute Gasteiger partial charge is 0.508 e. The van der Waals surface area contributed by atoms with Gasteiger partial charge < -0.3 is 10.4 Å². The summed E-state index contributed by atoms with van der Waals surface area (Å²) >= 11 is 11.6. The van der Waals surface area contributed by atoms with Crippen LogP contribution in [0.2, 0.25) is 10.2 Å². The number of phenolic OH excluding ortho intramolecular Hbond substituents is 1. The monoisotopic (exact) mass is 310 g/mol. The van der Waals surface area contributed by atoms with Crippen molar-refractivity contribution in [2.24, 2.45) is 0 Å². The van der Waals surface area contributed by atoms with Crippen LogP contribution in [0.5, 0.6) is 5.75 Å². The lowest BCUT2D eigenvalue weighted by molar-refractivity contribution is 0.0954. The quantitative estimate of drug-likeness (QED) is 0.853. The van der Waals surface area contributed by atoms with Gasteiger partial charge in [0.2, 0.25) is 0 Å². The zero-order valence-electron chi connectivity index (χ0n) is 10.4. The van der Waals surface area contributed by atoms with E-state index < -0.39 is 0 Å². The Morgan fingerprint density at radius 3 is 2.65 bits per heavy atom. The summed E-state index contributed by atoms with van der Waals surface area (Å²) in [7, 11) is 0. The first-order valence-corrected chi connectivity index (χ1v) is 6.69. The third-order valence-corrected chi connectivity index (χ3v) is 3.21. The fourth-order valence-electron chi connectivity index (χ4n) is 1.67. The molecule has 0 aliphatic rings. The summed E-state index contributed by atoms with van der Waals surface area (Å²) in [6.07, 6.45) is 2.00. The molecule has 104 valence electrons. The molecule has 0 unspecified atom stereocenters. The Labute approximate surface area is 126 Å². The van der Waals surface area contributed by atoms with Crippen LogP contribution in [0, 0.1) is 0 Å². The van der Waals surface area contributed by atoms with Gasteiger partial charge in [-0.15, -0.1) is 0 Å². The van der Waals surface area contributed by atoms with E-state index in [1.807, 2.05) is 0 Å². The third kappa shape index (κ3) is 3.85. The number of halogens is 2. The normalized spacial score (nSPS) is 10.3. The Morgan fingerprint density at radius 1 is 1.25 bits per heavy atom. The van der Waals surface area contributed by atoms with E-state index in [1.165, 1.54) is 12.3 Å². The molecule has 2 N–H and O–H groups in total. The van der Waals surface area contributed by atoms with Gasteiger partial charge in [0.25, 0.3) is 5.91 Å². The number of carbonyl (C=O) groups excluding carboxylic acids is 1. The Balaban J connectivity index is 1.92. The van der Waals surface area contributed by atoms with Gasteiger partial charge in [-0.1, -0.05) is 35.3 Å². The first-order chi connectivity index (χ1) is 9.56. The Morgan fingerprint density at radius 2 is 1.95 bits per heavy atom. The number of benzene rings is 1. The van der Waals surface area contributed by atoms with Crippen molar-refractivity contribution in [3.8, 4) is 5.75 Å². The van der Waals surface area contributed by atoms with E-state index >= 15 is 0 Å². The van der Waals surface area contributed by atoms with Crippen molar-refractivity contribution >= 4 is 29.1 Å². The lowest BCUT2D eigenvalue weighted by Gasteiger charge is -2.07. The zero-order chi connectivity index (χ0) is 14.5. The minimum atomic E-state index is -0.293. The van der Waals surface area contributed by atoms with Crippen LogP contribution in [0.1, 0.15) is 15.9 Å². The SMILES string of the molecule is O=C(NCCc1ccc(O)cc1)c1cc(Cl)ncc1Cl. The highest BCUT2D eigenvalue weighted by Crippen LogP contribution is 2.17. The lowest BCUT2D eigenvalue weighted by atomic mass is 10.1. The minimum absolute atomic E-state index is 0.219. The van der Waals surface area contributed by atoms with Crippen molar-refractivity contribution in [1.29, 1.82) is 0 Å². The predicted octanol–water partition coefficient (Wildman–Crippen LogP) is 3.07. The second-order valence-corrected chi connectivity index (χ2v) is 4.95. The Bertz CT molecular complexity index is 615. The summed E-state index contributed by atoms with van der Waals surface area (Å²) in [6.45, 7) is 0.458. The number of nitrogens with one attached hydrogen (secondary N) is 1. The number of phenols is 1. The maximum Gasteiger partial charge on any atom is 0.252 e. The molecule has 2 aromatic rings. The highest BCUT2D eigenvalue weighted by atomic mass is 35.5. The smallest absolute Gasteiger partial charge is 0.252 e. The molecule has 1 aromatic heterocycles. The van der Waals surface area contributed by atoms with Crippen molar-refractivity contribution < 1.29 is 9.90 Å². The van der Waals surface area contributed by atoms with Crippen molar-refractivity contribution in [3.05, 3.63) is 57.8 Å². The molecule has 6 heteroatoms. The van der Waals surface area contributed by atoms with E-state index in [0.717, 1.165) is 5.56 Å². The number of hydrogen-bond donors (Lipinski definition) is 2. The van der Waals surface area contributed by atoms with Crippen molar-refractivity contribution in [2.45, 2.75) is 6.42 Å². The number of aromatic nitrogens is 1. The molecule has 1 aromatic carbocycles. The van der Waals surface area contributed by atoms with Gasteiger partial charge in [0.15, 0.2) is 0 Å². The van der Waals surface area contributed by atoms with E-state index in [4.69, 9.17) is 23.2 Å². The van der Waals surface area contributed by atoms with Crippen LogP contribution in [-0.4, -0.2) is 22.5 Å². The molecule has 0 aliphatic carbocycles. The standard InChI is InChI=1S/C14H12Cl2N2O2/c15-12-8-18-13(16)7-11(12)14(20)17-6-5-9-1-3-10(19)4-2-9/h1-4,7-8,19H,5-6H2,(H,17,20). The van der Waals surface area contributed by atoms with Crippen LogP contribution in [0.15, 0.2) is 36.5 Å². The molecule has 0 atom stereocenters. The topological polar surface area (TPSA) is 62.2 Å². The summed E-state index contributed by atoms with van der Waals surface area (Å²) in [6, 6.07) is 8.25. The highest BCUT2D eigenvalue weighted by Gasteiger charge is 2.11. The van der Waals surface area contributed by atoms with Crippen LogP contribution in [0.25, 0.3) is 0 Å². The van der Waals surface area contributed by atoms with Gasteiger partial charge in [-0.25, -0.2) is 4.98 Å². The summed E-state index contributed by atoms with van der Waals surface area (Å²) < 4.78 is 0. The van der Waals surface area contributed by atoms with Gasteiger partial charge in [0.05, 0.1) is 10.6 Å². The third-order valence-electron chi connectivity index (χ3n) is 2.70. The molecule has 0 aliphatic heterocycles. The molecule has 0 spiro atoms. The minimum Gasteiger partial charge on any atom is -0.508 e. The molecule has 0 saturated carbocycles. The molecule has 1 heterocycles. The summed E-state index contributed by atoms with van der Waals surface area (Å²) in [5.74, 6) is -0.0749. The number of hydrogen-bond acceptors (Lipinski definition) is 3. The van der Waals surface area contributed by atoms with Gasteiger partial charge in [-0.05, 0) is 30.2 Å². The van der Waals surface area contributed by atoms with E-state index in [0.29, 0.717) is 18.5 Å². The fraction of sp³-hybridized carbons (Fsp3) is 0.143. The van der Waals surface area contributed by atoms with E-state index in [-0.39, 0.29) is 21.8 Å². The molecule has 0 fully saturated rings. The number of aromatic hydroxyl groups is 1. The number of carbonyl (C=O) groups is 1. The second-order valence-electron chi connectivity index (χ2n) is 4.16. The first kappa shape index (κ1) is 14.6. The maximum atomic E-state index is 11.9. The van der Waals surface area contributed by atoms with E-state index in [9.17, 15) is 9.90 Å². The average molecular weight is 311 g/mol. The molecule has 20 heavy (non-hydrogen) atoms. The van der Waals surface area contributed by atoms with Crippen LogP contribution in [0.4, 0.5) is 0 Å². The van der Waals surface area contributed by atoms with Crippen LogP contribution in [0.3, 0.4) is 0 Å². The predicted molar refractivity (Wildman–Crippen MR) is 78.4 cm³/mol. The molecular weight excluding hydrogens is 299 g/mol. The Kier molecular flexibility index (Phi) is 4.82. The van der Waals surface area contributed by atoms with Crippen molar-refractivity contribution in [2.75, 3.05) is 6.54 Å². The zero-order valence-corrected chi connectivity index (χ0v) is 11.9. The van der Waals surface area contributed by atoms with Crippen molar-refractivity contribution in [1.82, 2.24) is 10.3 Å². The van der Waals surface area contributed by atoms with Gasteiger partial charge >= 0.3 is 0 Å². The van der Waals surface area contributed by atoms with Gasteiger partial charge in [-0.3, -0.25) is 4.79 Å². The molecule has 0 saturated heterocycles. The number of nitrogens with zero attached hydrogens (tertiary/aromatic N) is 1. The van der Waals surface area contributed by atoms with E-state index in [1.54, 1.807) is 24.3 Å². The average Bonchev–Trinajstić information content (AvgIpc) is 2.43. The molecule has 0 bridgehead atoms. The van der Waals surface area contributed by atoms with Crippen LogP contribution < -0.4 is 5.32 Å². The van der Waals surface area contributed by atoms with E-state index in [2.05, 4.69) is 10.3 Å². The van der Waals surface area contributed by atoms with Gasteiger partial charge in [0.1, 0.15) is 10.9 Å². The Hall–Kier alpha value is -1.78.